The van der Waals surface area contributed by atoms with E-state index in [0.717, 1.165) is 26.8 Å². The molecule has 25 heavy (non-hydrogen) atoms. The third-order valence-electron chi connectivity index (χ3n) is 4.36. The van der Waals surface area contributed by atoms with Gasteiger partial charge in [-0.05, 0) is 45.3 Å². The van der Waals surface area contributed by atoms with Crippen LogP contribution in [0.5, 0.6) is 0 Å². The van der Waals surface area contributed by atoms with Gasteiger partial charge in [-0.15, -0.1) is 0 Å². The van der Waals surface area contributed by atoms with Crippen LogP contribution in [0.2, 0.25) is 0 Å². The zero-order chi connectivity index (χ0) is 17.2. The lowest BCUT2D eigenvalue weighted by Gasteiger charge is -2.25. The zero-order valence-electron chi connectivity index (χ0n) is 13.4. The third-order valence-corrected chi connectivity index (χ3v) is 5.49. The van der Waals surface area contributed by atoms with Crippen molar-refractivity contribution in [2.24, 2.45) is 5.10 Å². The fraction of sp³-hybridized carbons (Fsp3) is 0.0952. The van der Waals surface area contributed by atoms with E-state index in [1.54, 1.807) is 0 Å². The Labute approximate surface area is 164 Å². The summed E-state index contributed by atoms with van der Waals surface area (Å²) in [6.07, 6.45) is 0.885. The molecule has 0 fully saturated rings. The van der Waals surface area contributed by atoms with Crippen LogP contribution in [0.1, 0.15) is 23.6 Å². The van der Waals surface area contributed by atoms with Crippen LogP contribution in [0, 0.1) is 0 Å². The number of rotatable bonds is 3. The summed E-state index contributed by atoms with van der Waals surface area (Å²) in [5.41, 5.74) is 4.64. The number of nitrogens with zero attached hydrogens (tertiary/aromatic N) is 2. The minimum absolute atomic E-state index is 0.189. The molecule has 0 saturated carbocycles. The Morgan fingerprint density at radius 1 is 0.840 bits per heavy atom. The quantitative estimate of drug-likeness (QED) is 0.436. The van der Waals surface area contributed by atoms with E-state index in [9.17, 15) is 0 Å². The molecule has 1 atom stereocenters. The van der Waals surface area contributed by atoms with E-state index in [1.807, 2.05) is 6.07 Å². The highest BCUT2D eigenvalue weighted by atomic mass is 79.9. The Balaban J connectivity index is 1.79. The van der Waals surface area contributed by atoms with Crippen LogP contribution >= 0.6 is 31.9 Å². The van der Waals surface area contributed by atoms with Crippen LogP contribution in [-0.2, 0) is 0 Å². The Hall–Kier alpha value is -1.91. The van der Waals surface area contributed by atoms with Crippen LogP contribution in [0.4, 0.5) is 5.69 Å². The molecule has 0 amide bonds. The van der Waals surface area contributed by atoms with Gasteiger partial charge in [-0.1, -0.05) is 76.6 Å². The molecule has 1 aliphatic rings. The molecule has 0 aromatic heterocycles. The summed E-state index contributed by atoms with van der Waals surface area (Å²) in [5, 5.41) is 7.11. The monoisotopic (exact) mass is 454 g/mol. The maximum absolute atomic E-state index is 4.98. The molecule has 0 N–H and O–H groups in total. The standard InChI is InChI=1S/C21H16Br2N2/c22-17-11-12-20(18(23)13-17)25-21(16-9-5-2-6-10-16)14-19(24-25)15-7-3-1-4-8-15/h1-13,21H,14H2. The van der Waals surface area contributed by atoms with Crippen molar-refractivity contribution in [3.05, 3.63) is 98.9 Å². The summed E-state index contributed by atoms with van der Waals surface area (Å²) in [5.74, 6) is 0. The van der Waals surface area contributed by atoms with Gasteiger partial charge in [-0.25, -0.2) is 0 Å². The van der Waals surface area contributed by atoms with Gasteiger partial charge >= 0.3 is 0 Å². The lowest BCUT2D eigenvalue weighted by Crippen LogP contribution is -2.18. The molecule has 4 heteroatoms. The normalized spacial score (nSPS) is 16.8. The second-order valence-corrected chi connectivity index (χ2v) is 7.75. The molecule has 3 aromatic rings. The highest BCUT2D eigenvalue weighted by molar-refractivity contribution is 9.11. The van der Waals surface area contributed by atoms with Crippen LogP contribution in [-0.4, -0.2) is 5.71 Å². The predicted octanol–water partition coefficient (Wildman–Crippen LogP) is 6.57. The Morgan fingerprint density at radius 2 is 1.52 bits per heavy atom. The van der Waals surface area contributed by atoms with Gasteiger partial charge < -0.3 is 0 Å². The first kappa shape index (κ1) is 16.6. The second-order valence-electron chi connectivity index (χ2n) is 5.98. The van der Waals surface area contributed by atoms with Crippen molar-refractivity contribution < 1.29 is 0 Å². The van der Waals surface area contributed by atoms with Crippen molar-refractivity contribution in [2.45, 2.75) is 12.5 Å². The zero-order valence-corrected chi connectivity index (χ0v) is 16.6. The molecule has 1 unspecified atom stereocenters. The van der Waals surface area contributed by atoms with Crippen molar-refractivity contribution in [1.29, 1.82) is 0 Å². The number of halogens is 2. The molecule has 124 valence electrons. The molecule has 0 saturated heterocycles. The number of anilines is 1. The summed E-state index contributed by atoms with van der Waals surface area (Å²) < 4.78 is 2.08. The Bertz CT molecular complexity index is 908. The fourth-order valence-corrected chi connectivity index (χ4v) is 4.37. The molecular formula is C21H16Br2N2. The maximum atomic E-state index is 4.98. The molecule has 3 aromatic carbocycles. The van der Waals surface area contributed by atoms with Gasteiger partial charge in [-0.3, -0.25) is 5.01 Å². The van der Waals surface area contributed by atoms with E-state index in [0.29, 0.717) is 0 Å². The predicted molar refractivity (Wildman–Crippen MR) is 111 cm³/mol. The first-order chi connectivity index (χ1) is 12.2. The summed E-state index contributed by atoms with van der Waals surface area (Å²) in [4.78, 5) is 0. The number of hydrazone groups is 1. The van der Waals surface area contributed by atoms with Gasteiger partial charge in [0.15, 0.2) is 0 Å². The first-order valence-electron chi connectivity index (χ1n) is 8.14. The largest absolute Gasteiger partial charge is 0.256 e. The summed E-state index contributed by atoms with van der Waals surface area (Å²) in [6, 6.07) is 27.4. The molecule has 0 bridgehead atoms. The van der Waals surface area contributed by atoms with E-state index in [1.165, 1.54) is 11.1 Å². The molecule has 2 nitrogen and oxygen atoms in total. The fourth-order valence-electron chi connectivity index (χ4n) is 3.14. The molecule has 0 spiro atoms. The van der Waals surface area contributed by atoms with Crippen molar-refractivity contribution in [2.75, 3.05) is 5.01 Å². The molecular weight excluding hydrogens is 440 g/mol. The van der Waals surface area contributed by atoms with Crippen molar-refractivity contribution >= 4 is 43.3 Å². The van der Waals surface area contributed by atoms with Crippen molar-refractivity contribution in [1.82, 2.24) is 0 Å². The van der Waals surface area contributed by atoms with Gasteiger partial charge in [0, 0.05) is 15.4 Å². The van der Waals surface area contributed by atoms with Crippen LogP contribution in [0.3, 0.4) is 0 Å². The number of benzene rings is 3. The average Bonchev–Trinajstić information content (AvgIpc) is 3.08. The summed E-state index contributed by atoms with van der Waals surface area (Å²) in [6.45, 7) is 0. The highest BCUT2D eigenvalue weighted by Gasteiger charge is 2.30. The molecule has 0 aliphatic carbocycles. The van der Waals surface area contributed by atoms with Crippen LogP contribution in [0.15, 0.2) is 92.9 Å². The van der Waals surface area contributed by atoms with E-state index >= 15 is 0 Å². The third kappa shape index (κ3) is 3.42. The number of hydrogen-bond acceptors (Lipinski definition) is 2. The smallest absolute Gasteiger partial charge is 0.0832 e. The minimum Gasteiger partial charge on any atom is -0.256 e. The molecule has 4 rings (SSSR count). The highest BCUT2D eigenvalue weighted by Crippen LogP contribution is 2.40. The van der Waals surface area contributed by atoms with Crippen LogP contribution < -0.4 is 5.01 Å². The van der Waals surface area contributed by atoms with Gasteiger partial charge in [-0.2, -0.15) is 5.10 Å². The van der Waals surface area contributed by atoms with Crippen molar-refractivity contribution in [3.63, 3.8) is 0 Å². The van der Waals surface area contributed by atoms with Crippen LogP contribution in [0.25, 0.3) is 0 Å². The lowest BCUT2D eigenvalue weighted by molar-refractivity contribution is 0.707. The van der Waals surface area contributed by atoms with Crippen molar-refractivity contribution in [3.8, 4) is 0 Å². The number of hydrogen-bond donors (Lipinski definition) is 0. The first-order valence-corrected chi connectivity index (χ1v) is 9.73. The van der Waals surface area contributed by atoms with E-state index in [-0.39, 0.29) is 6.04 Å². The van der Waals surface area contributed by atoms with E-state index in [2.05, 4.69) is 110 Å². The topological polar surface area (TPSA) is 15.6 Å². The Kier molecular flexibility index (Phi) is 4.73. The van der Waals surface area contributed by atoms with Gasteiger partial charge in [0.1, 0.15) is 0 Å². The lowest BCUT2D eigenvalue weighted by atomic mass is 9.98. The molecule has 0 radical (unpaired) electrons. The van der Waals surface area contributed by atoms with E-state index in [4.69, 9.17) is 5.10 Å². The molecule has 1 aliphatic heterocycles. The van der Waals surface area contributed by atoms with Gasteiger partial charge in [0.2, 0.25) is 0 Å². The second kappa shape index (κ2) is 7.14. The minimum atomic E-state index is 0.189. The average molecular weight is 456 g/mol. The van der Waals surface area contributed by atoms with E-state index < -0.39 is 0 Å². The van der Waals surface area contributed by atoms with Gasteiger partial charge in [0.05, 0.1) is 17.4 Å². The SMILES string of the molecule is Brc1ccc(N2N=C(c3ccccc3)CC2c2ccccc2)c(Br)c1. The summed E-state index contributed by atoms with van der Waals surface area (Å²) in [7, 11) is 0. The van der Waals surface area contributed by atoms with Gasteiger partial charge in [0.25, 0.3) is 0 Å². The summed E-state index contributed by atoms with van der Waals surface area (Å²) >= 11 is 7.22. The molecule has 1 heterocycles. The maximum Gasteiger partial charge on any atom is 0.0832 e. The Morgan fingerprint density at radius 3 is 2.20 bits per heavy atom.